The van der Waals surface area contributed by atoms with Crippen LogP contribution < -0.4 is 10.0 Å². The van der Waals surface area contributed by atoms with Crippen LogP contribution in [0.2, 0.25) is 0 Å². The molecule has 8 nitrogen and oxygen atoms in total. The van der Waals surface area contributed by atoms with Crippen LogP contribution in [0.3, 0.4) is 0 Å². The van der Waals surface area contributed by atoms with Crippen LogP contribution in [0, 0.1) is 0 Å². The minimum atomic E-state index is -3.95. The Labute approximate surface area is 225 Å². The van der Waals surface area contributed by atoms with Crippen molar-refractivity contribution in [1.82, 2.24) is 14.5 Å². The number of rotatable bonds is 8. The highest BCUT2D eigenvalue weighted by molar-refractivity contribution is 9.10. The lowest BCUT2D eigenvalue weighted by molar-refractivity contribution is -0.117. The summed E-state index contributed by atoms with van der Waals surface area (Å²) in [5, 5.41) is 2.79. The van der Waals surface area contributed by atoms with Crippen molar-refractivity contribution in [2.45, 2.75) is 17.4 Å². The van der Waals surface area contributed by atoms with Gasteiger partial charge in [-0.3, -0.25) is 9.59 Å². The number of halogens is 1. The Hall–Kier alpha value is -3.05. The van der Waals surface area contributed by atoms with E-state index in [1.165, 1.54) is 12.1 Å². The average Bonchev–Trinajstić information content (AvgIpc) is 2.89. The quantitative estimate of drug-likeness (QED) is 0.423. The molecule has 2 amide bonds. The number of sulfonamides is 1. The second-order valence-corrected chi connectivity index (χ2v) is 11.6. The fraction of sp³-hybridized carbons (Fsp3) is 0.259. The van der Waals surface area contributed by atoms with Gasteiger partial charge in [0.05, 0.1) is 4.90 Å². The minimum absolute atomic E-state index is 0.0461. The number of anilines is 1. The maximum absolute atomic E-state index is 13.3. The Bertz CT molecular complexity index is 1330. The Kier molecular flexibility index (Phi) is 8.75. The number of carbonyl (C=O) groups is 2. The Morgan fingerprint density at radius 2 is 1.51 bits per heavy atom. The van der Waals surface area contributed by atoms with E-state index >= 15 is 0 Å². The zero-order valence-corrected chi connectivity index (χ0v) is 22.8. The third-order valence-electron chi connectivity index (χ3n) is 6.21. The summed E-state index contributed by atoms with van der Waals surface area (Å²) in [6.45, 7) is 3.01. The fourth-order valence-corrected chi connectivity index (χ4v) is 5.48. The van der Waals surface area contributed by atoms with Gasteiger partial charge in [-0.2, -0.15) is 4.72 Å². The molecule has 1 saturated heterocycles. The predicted molar refractivity (Wildman–Crippen MR) is 147 cm³/mol. The maximum Gasteiger partial charge on any atom is 0.253 e. The van der Waals surface area contributed by atoms with Crippen molar-refractivity contribution in [3.63, 3.8) is 0 Å². The molecule has 10 heteroatoms. The van der Waals surface area contributed by atoms with Gasteiger partial charge in [0, 0.05) is 41.9 Å². The van der Waals surface area contributed by atoms with Crippen LogP contribution in [0.25, 0.3) is 0 Å². The van der Waals surface area contributed by atoms with Crippen molar-refractivity contribution >= 4 is 43.5 Å². The second-order valence-electron chi connectivity index (χ2n) is 8.98. The number of nitrogens with zero attached hydrogens (tertiary/aromatic N) is 2. The van der Waals surface area contributed by atoms with Crippen molar-refractivity contribution in [2.75, 3.05) is 38.5 Å². The summed E-state index contributed by atoms with van der Waals surface area (Å²) < 4.78 is 29.4. The Balaban J connectivity index is 1.48. The molecule has 1 aliphatic heterocycles. The molecule has 1 aliphatic rings. The van der Waals surface area contributed by atoms with E-state index in [-0.39, 0.29) is 17.2 Å². The molecule has 4 rings (SSSR count). The van der Waals surface area contributed by atoms with Crippen molar-refractivity contribution < 1.29 is 18.0 Å². The Morgan fingerprint density at radius 1 is 0.892 bits per heavy atom. The SMILES string of the molecule is CN1CCN(C(=O)c2ccc(NC(=O)C(Cc3ccccc3)NS(=O)(=O)c3ccc(Br)cc3)cc2)CC1. The first-order chi connectivity index (χ1) is 17.7. The number of hydrogen-bond donors (Lipinski definition) is 2. The van der Waals surface area contributed by atoms with Crippen molar-refractivity contribution in [2.24, 2.45) is 0 Å². The average molecular weight is 586 g/mol. The highest BCUT2D eigenvalue weighted by Gasteiger charge is 2.27. The molecule has 0 saturated carbocycles. The third-order valence-corrected chi connectivity index (χ3v) is 8.23. The van der Waals surface area contributed by atoms with Crippen LogP contribution in [-0.2, 0) is 21.2 Å². The molecule has 0 aromatic heterocycles. The van der Waals surface area contributed by atoms with Crippen LogP contribution in [-0.4, -0.2) is 69.3 Å². The fourth-order valence-electron chi connectivity index (χ4n) is 4.02. The van der Waals surface area contributed by atoms with E-state index in [0.717, 1.165) is 23.1 Å². The summed E-state index contributed by atoms with van der Waals surface area (Å²) in [6.07, 6.45) is 0.169. The summed E-state index contributed by atoms with van der Waals surface area (Å²) in [4.78, 5) is 30.1. The normalized spacial score (nSPS) is 15.2. The molecule has 3 aromatic carbocycles. The molecule has 3 aromatic rings. The van der Waals surface area contributed by atoms with Gasteiger partial charge < -0.3 is 15.1 Å². The largest absolute Gasteiger partial charge is 0.336 e. The van der Waals surface area contributed by atoms with E-state index in [9.17, 15) is 18.0 Å². The van der Waals surface area contributed by atoms with Gasteiger partial charge in [-0.05, 0) is 67.6 Å². The summed E-state index contributed by atoms with van der Waals surface area (Å²) in [6, 6.07) is 21.0. The van der Waals surface area contributed by atoms with E-state index in [0.29, 0.717) is 24.3 Å². The van der Waals surface area contributed by atoms with E-state index < -0.39 is 22.0 Å². The molecule has 2 N–H and O–H groups in total. The number of piperazine rings is 1. The standard InChI is InChI=1S/C27H29BrN4O4S/c1-31-15-17-32(18-16-31)27(34)21-7-11-23(12-8-21)29-26(33)25(19-20-5-3-2-4-6-20)30-37(35,36)24-13-9-22(28)10-14-24/h2-14,25,30H,15-19H2,1H3,(H,29,33). The molecule has 0 aliphatic carbocycles. The zero-order chi connectivity index (χ0) is 26.4. The van der Waals surface area contributed by atoms with Gasteiger partial charge in [-0.1, -0.05) is 46.3 Å². The zero-order valence-electron chi connectivity index (χ0n) is 20.4. The number of carbonyl (C=O) groups excluding carboxylic acids is 2. The lowest BCUT2D eigenvalue weighted by Crippen LogP contribution is -2.47. The summed E-state index contributed by atoms with van der Waals surface area (Å²) in [5.41, 5.74) is 1.83. The second kappa shape index (κ2) is 12.0. The lowest BCUT2D eigenvalue weighted by Gasteiger charge is -2.32. The molecule has 1 unspecified atom stereocenters. The molecule has 194 valence electrons. The topological polar surface area (TPSA) is 98.8 Å². The first-order valence-corrected chi connectivity index (χ1v) is 14.2. The molecular formula is C27H29BrN4O4S. The Morgan fingerprint density at radius 3 is 2.14 bits per heavy atom. The van der Waals surface area contributed by atoms with Crippen LogP contribution in [0.5, 0.6) is 0 Å². The van der Waals surface area contributed by atoms with Gasteiger partial charge in [0.25, 0.3) is 5.91 Å². The van der Waals surface area contributed by atoms with Gasteiger partial charge in [-0.15, -0.1) is 0 Å². The smallest absolute Gasteiger partial charge is 0.253 e. The number of likely N-dealkylation sites (N-methyl/N-ethyl adjacent to an activating group) is 1. The van der Waals surface area contributed by atoms with Gasteiger partial charge in [-0.25, -0.2) is 8.42 Å². The molecule has 1 heterocycles. The summed E-state index contributed by atoms with van der Waals surface area (Å²) in [5.74, 6) is -0.544. The predicted octanol–water partition coefficient (Wildman–Crippen LogP) is 3.37. The van der Waals surface area contributed by atoms with Gasteiger partial charge in [0.2, 0.25) is 15.9 Å². The van der Waals surface area contributed by atoms with E-state index in [2.05, 4.69) is 30.9 Å². The van der Waals surface area contributed by atoms with Crippen LogP contribution in [0.4, 0.5) is 5.69 Å². The minimum Gasteiger partial charge on any atom is -0.336 e. The molecule has 1 fully saturated rings. The van der Waals surface area contributed by atoms with E-state index in [1.807, 2.05) is 42.3 Å². The maximum atomic E-state index is 13.3. The third kappa shape index (κ3) is 7.26. The monoisotopic (exact) mass is 584 g/mol. The van der Waals surface area contributed by atoms with Crippen LogP contribution in [0.15, 0.2) is 88.2 Å². The molecular weight excluding hydrogens is 556 g/mol. The number of amides is 2. The van der Waals surface area contributed by atoms with Gasteiger partial charge >= 0.3 is 0 Å². The molecule has 0 spiro atoms. The van der Waals surface area contributed by atoms with Crippen molar-refractivity contribution in [3.8, 4) is 0 Å². The highest BCUT2D eigenvalue weighted by atomic mass is 79.9. The number of nitrogens with one attached hydrogen (secondary N) is 2. The molecule has 37 heavy (non-hydrogen) atoms. The first-order valence-electron chi connectivity index (χ1n) is 11.9. The lowest BCUT2D eigenvalue weighted by atomic mass is 10.1. The number of benzene rings is 3. The number of hydrogen-bond acceptors (Lipinski definition) is 5. The van der Waals surface area contributed by atoms with Gasteiger partial charge in [0.15, 0.2) is 0 Å². The molecule has 0 bridgehead atoms. The molecule has 1 atom stereocenters. The summed E-state index contributed by atoms with van der Waals surface area (Å²) in [7, 11) is -1.92. The van der Waals surface area contributed by atoms with Crippen LogP contribution in [0.1, 0.15) is 15.9 Å². The van der Waals surface area contributed by atoms with Crippen molar-refractivity contribution in [1.29, 1.82) is 0 Å². The van der Waals surface area contributed by atoms with Crippen molar-refractivity contribution in [3.05, 3.63) is 94.5 Å². The van der Waals surface area contributed by atoms with E-state index in [1.54, 1.807) is 36.4 Å². The van der Waals surface area contributed by atoms with Crippen LogP contribution >= 0.6 is 15.9 Å². The van der Waals surface area contributed by atoms with Gasteiger partial charge in [0.1, 0.15) is 6.04 Å². The molecule has 0 radical (unpaired) electrons. The summed E-state index contributed by atoms with van der Waals surface area (Å²) >= 11 is 3.30. The first kappa shape index (κ1) is 27.0. The van der Waals surface area contributed by atoms with E-state index in [4.69, 9.17) is 0 Å². The highest BCUT2D eigenvalue weighted by Crippen LogP contribution is 2.17.